The molecule has 0 saturated carbocycles. The lowest BCUT2D eigenvalue weighted by Gasteiger charge is -2.23. The van der Waals surface area contributed by atoms with Gasteiger partial charge in [0, 0.05) is 12.7 Å². The van der Waals surface area contributed by atoms with E-state index in [0.29, 0.717) is 24.6 Å². The number of ether oxygens (including phenoxy) is 1. The molecular weight excluding hydrogens is 182 g/mol. The molecule has 0 aromatic carbocycles. The first-order chi connectivity index (χ1) is 6.77. The molecule has 1 aromatic rings. The predicted octanol–water partition coefficient (Wildman–Crippen LogP) is -0.261. The Morgan fingerprint density at radius 3 is 3.14 bits per heavy atom. The van der Waals surface area contributed by atoms with E-state index in [0.717, 1.165) is 6.54 Å². The average Bonchev–Trinajstić information content (AvgIpc) is 2.19. The topological polar surface area (TPSA) is 67.0 Å². The van der Waals surface area contributed by atoms with Gasteiger partial charge >= 0.3 is 0 Å². The van der Waals surface area contributed by atoms with Gasteiger partial charge in [-0.1, -0.05) is 0 Å². The van der Waals surface area contributed by atoms with E-state index < -0.39 is 0 Å². The van der Waals surface area contributed by atoms with Crippen molar-refractivity contribution in [1.82, 2.24) is 15.3 Å². The summed E-state index contributed by atoms with van der Waals surface area (Å²) < 4.78 is 5.28. The second-order valence-corrected chi connectivity index (χ2v) is 3.33. The number of aromatic nitrogens is 2. The van der Waals surface area contributed by atoms with Crippen LogP contribution in [-0.4, -0.2) is 29.7 Å². The summed E-state index contributed by atoms with van der Waals surface area (Å²) in [5.41, 5.74) is 0.566. The van der Waals surface area contributed by atoms with Crippen LogP contribution in [0.2, 0.25) is 0 Å². The van der Waals surface area contributed by atoms with Crippen LogP contribution in [0.25, 0.3) is 0 Å². The number of H-pyrrole nitrogens is 1. The summed E-state index contributed by atoms with van der Waals surface area (Å²) in [5.74, 6) is 0.635. The maximum absolute atomic E-state index is 11.5. The van der Waals surface area contributed by atoms with Crippen molar-refractivity contribution in [2.24, 2.45) is 0 Å². The lowest BCUT2D eigenvalue weighted by molar-refractivity contribution is 0.0763. The molecule has 14 heavy (non-hydrogen) atoms. The van der Waals surface area contributed by atoms with E-state index in [-0.39, 0.29) is 11.6 Å². The van der Waals surface area contributed by atoms with Crippen LogP contribution in [0.1, 0.15) is 17.4 Å². The highest BCUT2D eigenvalue weighted by molar-refractivity contribution is 5.11. The van der Waals surface area contributed by atoms with Gasteiger partial charge in [-0.25, -0.2) is 4.98 Å². The van der Waals surface area contributed by atoms with Gasteiger partial charge in [-0.2, -0.15) is 0 Å². The molecule has 1 fully saturated rings. The lowest BCUT2D eigenvalue weighted by Crippen LogP contribution is -2.37. The third-order valence-electron chi connectivity index (χ3n) is 2.25. The number of nitrogens with zero attached hydrogens (tertiary/aromatic N) is 1. The van der Waals surface area contributed by atoms with E-state index in [1.165, 1.54) is 0 Å². The van der Waals surface area contributed by atoms with Crippen molar-refractivity contribution >= 4 is 0 Å². The molecule has 1 atom stereocenters. The Balaban J connectivity index is 2.26. The van der Waals surface area contributed by atoms with E-state index in [2.05, 4.69) is 15.3 Å². The van der Waals surface area contributed by atoms with E-state index in [4.69, 9.17) is 4.74 Å². The summed E-state index contributed by atoms with van der Waals surface area (Å²) in [6.07, 6.45) is 1.61. The molecule has 0 radical (unpaired) electrons. The average molecular weight is 195 g/mol. The Bertz CT molecular complexity index is 369. The van der Waals surface area contributed by atoms with Crippen LogP contribution < -0.4 is 10.9 Å². The Hall–Kier alpha value is -1.20. The maximum atomic E-state index is 11.5. The molecule has 76 valence electrons. The van der Waals surface area contributed by atoms with Gasteiger partial charge in [0.2, 0.25) is 0 Å². The third-order valence-corrected chi connectivity index (χ3v) is 2.25. The van der Waals surface area contributed by atoms with E-state index in [9.17, 15) is 4.79 Å². The molecule has 2 N–H and O–H groups in total. The van der Waals surface area contributed by atoms with Crippen molar-refractivity contribution in [1.29, 1.82) is 0 Å². The molecule has 2 rings (SSSR count). The van der Waals surface area contributed by atoms with Crippen LogP contribution in [0, 0.1) is 6.92 Å². The van der Waals surface area contributed by atoms with Gasteiger partial charge in [0.1, 0.15) is 5.82 Å². The van der Waals surface area contributed by atoms with E-state index >= 15 is 0 Å². The first kappa shape index (κ1) is 9.36. The summed E-state index contributed by atoms with van der Waals surface area (Å²) in [6, 6.07) is -0.0272. The number of hydrogen-bond donors (Lipinski definition) is 2. The summed E-state index contributed by atoms with van der Waals surface area (Å²) in [5, 5.41) is 3.21. The highest BCUT2D eigenvalue weighted by Crippen LogP contribution is 2.09. The van der Waals surface area contributed by atoms with Gasteiger partial charge in [-0.3, -0.25) is 4.79 Å². The normalized spacial score (nSPS) is 22.2. The molecule has 0 bridgehead atoms. The van der Waals surface area contributed by atoms with E-state index in [1.54, 1.807) is 13.1 Å². The van der Waals surface area contributed by atoms with Crippen LogP contribution in [0.3, 0.4) is 0 Å². The lowest BCUT2D eigenvalue weighted by atomic mass is 10.1. The molecule has 0 spiro atoms. The Labute approximate surface area is 81.5 Å². The quantitative estimate of drug-likeness (QED) is 0.648. The predicted molar refractivity (Wildman–Crippen MR) is 51.2 cm³/mol. The van der Waals surface area contributed by atoms with Gasteiger partial charge in [0.25, 0.3) is 5.56 Å². The maximum Gasteiger partial charge on any atom is 0.255 e. The molecule has 5 nitrogen and oxygen atoms in total. The zero-order valence-electron chi connectivity index (χ0n) is 8.04. The summed E-state index contributed by atoms with van der Waals surface area (Å²) in [6.45, 7) is 3.77. The van der Waals surface area contributed by atoms with Gasteiger partial charge < -0.3 is 15.0 Å². The van der Waals surface area contributed by atoms with E-state index in [1.807, 2.05) is 0 Å². The van der Waals surface area contributed by atoms with Crippen molar-refractivity contribution in [2.45, 2.75) is 13.0 Å². The third kappa shape index (κ3) is 1.83. The van der Waals surface area contributed by atoms with Crippen molar-refractivity contribution in [3.8, 4) is 0 Å². The number of rotatable bonds is 1. The molecule has 0 aliphatic carbocycles. The minimum Gasteiger partial charge on any atom is -0.378 e. The number of hydrogen-bond acceptors (Lipinski definition) is 4. The van der Waals surface area contributed by atoms with Crippen LogP contribution in [-0.2, 0) is 4.74 Å². The van der Waals surface area contributed by atoms with Crippen molar-refractivity contribution < 1.29 is 4.74 Å². The Kier molecular flexibility index (Phi) is 2.60. The van der Waals surface area contributed by atoms with Crippen LogP contribution >= 0.6 is 0 Å². The minimum atomic E-state index is -0.0829. The SMILES string of the molecule is Cc1ncc(C2COCCN2)c(=O)[nH]1. The van der Waals surface area contributed by atoms with Crippen molar-refractivity contribution in [2.75, 3.05) is 19.8 Å². The molecule has 1 aliphatic heterocycles. The van der Waals surface area contributed by atoms with Gasteiger partial charge in [-0.05, 0) is 6.92 Å². The second kappa shape index (κ2) is 3.89. The largest absolute Gasteiger partial charge is 0.378 e. The Morgan fingerprint density at radius 1 is 1.64 bits per heavy atom. The molecule has 1 unspecified atom stereocenters. The van der Waals surface area contributed by atoms with Crippen molar-refractivity contribution in [3.05, 3.63) is 27.9 Å². The van der Waals surface area contributed by atoms with Gasteiger partial charge in [0.15, 0.2) is 0 Å². The summed E-state index contributed by atoms with van der Waals surface area (Å²) in [4.78, 5) is 18.3. The highest BCUT2D eigenvalue weighted by atomic mass is 16.5. The summed E-state index contributed by atoms with van der Waals surface area (Å²) >= 11 is 0. The highest BCUT2D eigenvalue weighted by Gasteiger charge is 2.18. The van der Waals surface area contributed by atoms with Crippen LogP contribution in [0.5, 0.6) is 0 Å². The second-order valence-electron chi connectivity index (χ2n) is 3.33. The molecule has 1 saturated heterocycles. The Morgan fingerprint density at radius 2 is 2.50 bits per heavy atom. The van der Waals surface area contributed by atoms with Gasteiger partial charge in [-0.15, -0.1) is 0 Å². The number of morpholine rings is 1. The summed E-state index contributed by atoms with van der Waals surface area (Å²) in [7, 11) is 0. The molecule has 1 aliphatic rings. The molecule has 0 amide bonds. The fourth-order valence-corrected chi connectivity index (χ4v) is 1.51. The fourth-order valence-electron chi connectivity index (χ4n) is 1.51. The first-order valence-electron chi connectivity index (χ1n) is 4.64. The minimum absolute atomic E-state index is 0.0272. The van der Waals surface area contributed by atoms with Crippen LogP contribution in [0.15, 0.2) is 11.0 Å². The molecule has 1 aromatic heterocycles. The van der Waals surface area contributed by atoms with Crippen molar-refractivity contribution in [3.63, 3.8) is 0 Å². The fraction of sp³-hybridized carbons (Fsp3) is 0.556. The standard InChI is InChI=1S/C9H13N3O2/c1-6-11-4-7(9(13)12-6)8-5-14-3-2-10-8/h4,8,10H,2-3,5H2,1H3,(H,11,12,13). The smallest absolute Gasteiger partial charge is 0.255 e. The number of aromatic amines is 1. The molecular formula is C9H13N3O2. The molecule has 5 heteroatoms. The van der Waals surface area contributed by atoms with Crippen LogP contribution in [0.4, 0.5) is 0 Å². The number of aryl methyl sites for hydroxylation is 1. The van der Waals surface area contributed by atoms with Gasteiger partial charge in [0.05, 0.1) is 24.8 Å². The zero-order chi connectivity index (χ0) is 9.97. The zero-order valence-corrected chi connectivity index (χ0v) is 8.04. The monoisotopic (exact) mass is 195 g/mol. The number of nitrogens with one attached hydrogen (secondary N) is 2. The molecule has 2 heterocycles. The first-order valence-corrected chi connectivity index (χ1v) is 4.64.